The van der Waals surface area contributed by atoms with Crippen molar-refractivity contribution >= 4 is 11.9 Å². The van der Waals surface area contributed by atoms with Crippen molar-refractivity contribution < 1.29 is 30.0 Å². The minimum atomic E-state index is -1.19. The summed E-state index contributed by atoms with van der Waals surface area (Å²) in [5, 5.41) is 32.4. The highest BCUT2D eigenvalue weighted by Crippen LogP contribution is 2.10. The first-order valence-electron chi connectivity index (χ1n) is 7.19. The monoisotopic (exact) mass is 292 g/mol. The first kappa shape index (κ1) is 21.2. The number of rotatable bonds is 11. The minimum Gasteiger partial charge on any atom is -0.480 e. The number of hydrogen-bond acceptors (Lipinski definition) is 4. The van der Waals surface area contributed by atoms with Crippen LogP contribution in [0.3, 0.4) is 0 Å². The number of aliphatic hydroxyl groups is 2. The van der Waals surface area contributed by atoms with Crippen molar-refractivity contribution in [2.45, 2.75) is 70.8 Å². The molecule has 0 bridgehead atoms. The van der Waals surface area contributed by atoms with Crippen molar-refractivity contribution in [1.82, 2.24) is 0 Å². The zero-order valence-corrected chi connectivity index (χ0v) is 12.3. The highest BCUT2D eigenvalue weighted by Gasteiger charge is 2.11. The quantitative estimate of drug-likeness (QED) is 0.433. The number of carboxylic acid groups (broad SMARTS) is 2. The molecule has 6 nitrogen and oxygen atoms in total. The second kappa shape index (κ2) is 15.9. The number of aliphatic carboxylic acids is 2. The fraction of sp³-hybridized carbons (Fsp3) is 0.857. The van der Waals surface area contributed by atoms with Gasteiger partial charge in [0.2, 0.25) is 0 Å². The molecule has 0 amide bonds. The molecule has 0 saturated carbocycles. The van der Waals surface area contributed by atoms with E-state index < -0.39 is 24.6 Å². The average Bonchev–Trinajstić information content (AvgIpc) is 2.42. The summed E-state index contributed by atoms with van der Waals surface area (Å²) in [6.45, 7) is 1.42. The van der Waals surface area contributed by atoms with Gasteiger partial charge in [-0.2, -0.15) is 0 Å². The summed E-state index contributed by atoms with van der Waals surface area (Å²) in [5.74, 6) is -2.29. The van der Waals surface area contributed by atoms with Gasteiger partial charge in [-0.1, -0.05) is 58.3 Å². The van der Waals surface area contributed by atoms with Crippen molar-refractivity contribution in [2.24, 2.45) is 0 Å². The van der Waals surface area contributed by atoms with Crippen molar-refractivity contribution in [3.05, 3.63) is 0 Å². The second-order valence-electron chi connectivity index (χ2n) is 4.67. The molecule has 0 radical (unpaired) electrons. The van der Waals surface area contributed by atoms with E-state index in [4.69, 9.17) is 25.2 Å². The van der Waals surface area contributed by atoms with Gasteiger partial charge in [0.05, 0.1) is 0 Å². The van der Waals surface area contributed by atoms with Crippen LogP contribution in [-0.2, 0) is 9.59 Å². The van der Waals surface area contributed by atoms with E-state index in [2.05, 4.69) is 6.92 Å². The Labute approximate surface area is 120 Å². The standard InChI is InChI=1S/C12H24O3.C2H4O3/c1-2-3-4-5-6-7-8-9-10-11(13)12(14)15;3-1-2(4)5/h11,13H,2-10H2,1H3,(H,14,15);3H,1H2,(H,4,5). The van der Waals surface area contributed by atoms with E-state index in [1.54, 1.807) is 0 Å². The normalized spacial score (nSPS) is 11.3. The van der Waals surface area contributed by atoms with Crippen LogP contribution in [-0.4, -0.2) is 45.1 Å². The Hall–Kier alpha value is -1.14. The van der Waals surface area contributed by atoms with Crippen LogP contribution in [0.15, 0.2) is 0 Å². The van der Waals surface area contributed by atoms with E-state index in [1.165, 1.54) is 32.1 Å². The van der Waals surface area contributed by atoms with Crippen molar-refractivity contribution in [1.29, 1.82) is 0 Å². The van der Waals surface area contributed by atoms with Gasteiger partial charge in [-0.05, 0) is 6.42 Å². The Morgan fingerprint density at radius 2 is 1.30 bits per heavy atom. The Morgan fingerprint density at radius 1 is 0.900 bits per heavy atom. The molecule has 0 aromatic carbocycles. The zero-order valence-electron chi connectivity index (χ0n) is 12.3. The lowest BCUT2D eigenvalue weighted by Gasteiger charge is -2.04. The van der Waals surface area contributed by atoms with Crippen LogP contribution >= 0.6 is 0 Å². The molecule has 120 valence electrons. The van der Waals surface area contributed by atoms with Crippen LogP contribution in [0.4, 0.5) is 0 Å². The summed E-state index contributed by atoms with van der Waals surface area (Å²) >= 11 is 0. The van der Waals surface area contributed by atoms with Gasteiger partial charge >= 0.3 is 11.9 Å². The van der Waals surface area contributed by atoms with Crippen LogP contribution < -0.4 is 0 Å². The zero-order chi connectivity index (χ0) is 15.8. The Bertz CT molecular complexity index is 242. The number of hydrogen-bond donors (Lipinski definition) is 4. The number of unbranched alkanes of at least 4 members (excludes halogenated alkanes) is 7. The lowest BCUT2D eigenvalue weighted by atomic mass is 10.1. The maximum atomic E-state index is 10.3. The van der Waals surface area contributed by atoms with Crippen molar-refractivity contribution in [2.75, 3.05) is 6.61 Å². The molecule has 0 aliphatic carbocycles. The van der Waals surface area contributed by atoms with Gasteiger partial charge in [0.15, 0.2) is 6.10 Å². The van der Waals surface area contributed by atoms with E-state index >= 15 is 0 Å². The minimum absolute atomic E-state index is 0.393. The molecule has 0 fully saturated rings. The molecule has 1 atom stereocenters. The third-order valence-electron chi connectivity index (χ3n) is 2.75. The highest BCUT2D eigenvalue weighted by atomic mass is 16.4. The fourth-order valence-corrected chi connectivity index (χ4v) is 1.60. The highest BCUT2D eigenvalue weighted by molar-refractivity contribution is 5.71. The largest absolute Gasteiger partial charge is 0.480 e. The fourth-order valence-electron chi connectivity index (χ4n) is 1.60. The maximum absolute atomic E-state index is 10.3. The van der Waals surface area contributed by atoms with Crippen LogP contribution in [0, 0.1) is 0 Å². The van der Waals surface area contributed by atoms with Crippen LogP contribution in [0.5, 0.6) is 0 Å². The lowest BCUT2D eigenvalue weighted by molar-refractivity contribution is -0.147. The van der Waals surface area contributed by atoms with E-state index in [0.29, 0.717) is 6.42 Å². The summed E-state index contributed by atoms with van der Waals surface area (Å²) in [6, 6.07) is 0. The Morgan fingerprint density at radius 3 is 1.65 bits per heavy atom. The van der Waals surface area contributed by atoms with Crippen LogP contribution in [0.2, 0.25) is 0 Å². The predicted molar refractivity (Wildman–Crippen MR) is 75.6 cm³/mol. The maximum Gasteiger partial charge on any atom is 0.332 e. The average molecular weight is 292 g/mol. The topological polar surface area (TPSA) is 115 Å². The van der Waals surface area contributed by atoms with Crippen molar-refractivity contribution in [3.63, 3.8) is 0 Å². The summed E-state index contributed by atoms with van der Waals surface area (Å²) in [6.07, 6.45) is 8.68. The number of carbonyl (C=O) groups is 2. The van der Waals surface area contributed by atoms with Crippen LogP contribution in [0.1, 0.15) is 64.7 Å². The summed E-state index contributed by atoms with van der Waals surface area (Å²) < 4.78 is 0. The molecule has 4 N–H and O–H groups in total. The lowest BCUT2D eigenvalue weighted by Crippen LogP contribution is -2.18. The molecule has 0 heterocycles. The van der Waals surface area contributed by atoms with E-state index in [9.17, 15) is 4.79 Å². The molecular formula is C14H28O6. The third-order valence-corrected chi connectivity index (χ3v) is 2.75. The summed E-state index contributed by atoms with van der Waals surface area (Å²) in [4.78, 5) is 19.4. The van der Waals surface area contributed by atoms with Crippen molar-refractivity contribution in [3.8, 4) is 0 Å². The molecule has 0 aliphatic heterocycles. The molecule has 1 unspecified atom stereocenters. The van der Waals surface area contributed by atoms with E-state index in [-0.39, 0.29) is 0 Å². The first-order chi connectivity index (χ1) is 9.45. The molecule has 20 heavy (non-hydrogen) atoms. The van der Waals surface area contributed by atoms with E-state index in [0.717, 1.165) is 19.3 Å². The summed E-state index contributed by atoms with van der Waals surface area (Å²) in [5.41, 5.74) is 0. The smallest absolute Gasteiger partial charge is 0.332 e. The van der Waals surface area contributed by atoms with Gasteiger partial charge < -0.3 is 20.4 Å². The molecular weight excluding hydrogens is 264 g/mol. The molecule has 0 aliphatic rings. The first-order valence-corrected chi connectivity index (χ1v) is 7.19. The van der Waals surface area contributed by atoms with Gasteiger partial charge in [0.25, 0.3) is 0 Å². The Kier molecular flexibility index (Phi) is 16.8. The molecule has 0 aromatic heterocycles. The van der Waals surface area contributed by atoms with Gasteiger partial charge in [-0.15, -0.1) is 0 Å². The number of aliphatic hydroxyl groups excluding tert-OH is 2. The van der Waals surface area contributed by atoms with E-state index in [1.807, 2.05) is 0 Å². The van der Waals surface area contributed by atoms with Gasteiger partial charge in [-0.3, -0.25) is 0 Å². The predicted octanol–water partition coefficient (Wildman–Crippen LogP) is 2.03. The molecule has 0 aromatic rings. The SMILES string of the molecule is CCCCCCCCCCC(O)C(=O)O.O=C(O)CO. The molecule has 0 rings (SSSR count). The number of carboxylic acids is 2. The molecule has 6 heteroatoms. The third kappa shape index (κ3) is 19.2. The van der Waals surface area contributed by atoms with Gasteiger partial charge in [-0.25, -0.2) is 9.59 Å². The van der Waals surface area contributed by atoms with Crippen LogP contribution in [0.25, 0.3) is 0 Å². The van der Waals surface area contributed by atoms with Gasteiger partial charge in [0.1, 0.15) is 6.61 Å². The Balaban J connectivity index is 0. The van der Waals surface area contributed by atoms with Gasteiger partial charge in [0, 0.05) is 0 Å². The second-order valence-corrected chi connectivity index (χ2v) is 4.67. The molecule has 0 saturated heterocycles. The molecule has 0 spiro atoms. The summed E-state index contributed by atoms with van der Waals surface area (Å²) in [7, 11) is 0.